The predicted molar refractivity (Wildman–Crippen MR) is 70.7 cm³/mol. The molecule has 2 atom stereocenters. The van der Waals surface area contributed by atoms with Crippen LogP contribution in [0.4, 0.5) is 5.69 Å². The SMILES string of the molecule is c1cc2ncc(N3CCC4CNCC4C3)cc2o1. The molecule has 4 heterocycles. The van der Waals surface area contributed by atoms with E-state index < -0.39 is 0 Å². The van der Waals surface area contributed by atoms with Gasteiger partial charge in [-0.1, -0.05) is 0 Å². The zero-order valence-electron chi connectivity index (χ0n) is 10.3. The summed E-state index contributed by atoms with van der Waals surface area (Å²) in [5.41, 5.74) is 3.03. The molecule has 0 radical (unpaired) electrons. The van der Waals surface area contributed by atoms with Crippen LogP contribution in [0.25, 0.3) is 11.1 Å². The van der Waals surface area contributed by atoms with Gasteiger partial charge in [-0.05, 0) is 31.3 Å². The van der Waals surface area contributed by atoms with Crippen LogP contribution in [-0.2, 0) is 0 Å². The maximum Gasteiger partial charge on any atom is 0.154 e. The van der Waals surface area contributed by atoms with Crippen molar-refractivity contribution in [3.05, 3.63) is 24.6 Å². The highest BCUT2D eigenvalue weighted by atomic mass is 16.3. The molecule has 4 rings (SSSR count). The second kappa shape index (κ2) is 3.99. The molecule has 4 nitrogen and oxygen atoms in total. The third-order valence-corrected chi connectivity index (χ3v) is 4.36. The van der Waals surface area contributed by atoms with Crippen LogP contribution >= 0.6 is 0 Å². The van der Waals surface area contributed by atoms with Gasteiger partial charge in [0.05, 0.1) is 18.1 Å². The van der Waals surface area contributed by atoms with E-state index in [1.54, 1.807) is 6.26 Å². The van der Waals surface area contributed by atoms with Gasteiger partial charge >= 0.3 is 0 Å². The topological polar surface area (TPSA) is 41.3 Å². The lowest BCUT2D eigenvalue weighted by Crippen LogP contribution is -2.40. The quantitative estimate of drug-likeness (QED) is 0.830. The molecular formula is C14H17N3O. The summed E-state index contributed by atoms with van der Waals surface area (Å²) in [4.78, 5) is 6.90. The molecular weight excluding hydrogens is 226 g/mol. The van der Waals surface area contributed by atoms with Crippen molar-refractivity contribution in [2.75, 3.05) is 31.1 Å². The monoisotopic (exact) mass is 243 g/mol. The summed E-state index contributed by atoms with van der Waals surface area (Å²) in [5, 5.41) is 3.50. The number of piperidine rings is 1. The second-order valence-electron chi connectivity index (χ2n) is 5.41. The Morgan fingerprint density at radius 1 is 1.33 bits per heavy atom. The van der Waals surface area contributed by atoms with E-state index in [0.29, 0.717) is 0 Å². The van der Waals surface area contributed by atoms with E-state index in [1.807, 2.05) is 12.3 Å². The molecule has 0 aromatic carbocycles. The number of furan rings is 1. The number of rotatable bonds is 1. The van der Waals surface area contributed by atoms with Gasteiger partial charge in [-0.3, -0.25) is 4.98 Å². The average Bonchev–Trinajstić information content (AvgIpc) is 3.05. The highest BCUT2D eigenvalue weighted by molar-refractivity contribution is 5.76. The molecule has 2 saturated heterocycles. The minimum atomic E-state index is 0.797. The number of anilines is 1. The minimum Gasteiger partial charge on any atom is -0.463 e. The number of pyridine rings is 1. The molecule has 2 aromatic rings. The average molecular weight is 243 g/mol. The normalized spacial score (nSPS) is 27.7. The summed E-state index contributed by atoms with van der Waals surface area (Å²) in [6.45, 7) is 4.65. The summed E-state index contributed by atoms with van der Waals surface area (Å²) < 4.78 is 5.43. The van der Waals surface area contributed by atoms with Crippen molar-refractivity contribution < 1.29 is 4.42 Å². The van der Waals surface area contributed by atoms with Crippen molar-refractivity contribution in [2.24, 2.45) is 11.8 Å². The number of hydrogen-bond acceptors (Lipinski definition) is 4. The standard InChI is InChI=1S/C14H17N3O/c1-3-17(9-11-7-15-6-10(1)11)12-5-14-13(16-8-12)2-4-18-14/h2,4-5,8,10-11,15H,1,3,6-7,9H2. The highest BCUT2D eigenvalue weighted by Gasteiger charge is 2.32. The van der Waals surface area contributed by atoms with Gasteiger partial charge < -0.3 is 14.6 Å². The molecule has 2 aromatic heterocycles. The van der Waals surface area contributed by atoms with Gasteiger partial charge in [0.2, 0.25) is 0 Å². The number of nitrogens with zero attached hydrogens (tertiary/aromatic N) is 2. The Morgan fingerprint density at radius 2 is 2.28 bits per heavy atom. The zero-order valence-corrected chi connectivity index (χ0v) is 10.3. The van der Waals surface area contributed by atoms with E-state index in [9.17, 15) is 0 Å². The summed E-state index contributed by atoms with van der Waals surface area (Å²) >= 11 is 0. The number of aromatic nitrogens is 1. The van der Waals surface area contributed by atoms with E-state index in [-0.39, 0.29) is 0 Å². The summed E-state index contributed by atoms with van der Waals surface area (Å²) in [6, 6.07) is 4.03. The fourth-order valence-electron chi connectivity index (χ4n) is 3.28. The Bertz CT molecular complexity index is 565. The van der Waals surface area contributed by atoms with Gasteiger partial charge in [0.25, 0.3) is 0 Å². The van der Waals surface area contributed by atoms with Crippen LogP contribution in [0.1, 0.15) is 6.42 Å². The predicted octanol–water partition coefficient (Wildman–Crippen LogP) is 1.87. The van der Waals surface area contributed by atoms with E-state index in [4.69, 9.17) is 4.42 Å². The summed E-state index contributed by atoms with van der Waals surface area (Å²) in [6.07, 6.45) is 4.96. The third-order valence-electron chi connectivity index (χ3n) is 4.36. The smallest absolute Gasteiger partial charge is 0.154 e. The first-order chi connectivity index (χ1) is 8.90. The highest BCUT2D eigenvalue weighted by Crippen LogP contribution is 2.30. The lowest BCUT2D eigenvalue weighted by atomic mass is 9.88. The molecule has 2 aliphatic heterocycles. The molecule has 1 N–H and O–H groups in total. The molecule has 94 valence electrons. The van der Waals surface area contributed by atoms with E-state index >= 15 is 0 Å². The van der Waals surface area contributed by atoms with Gasteiger partial charge in [-0.25, -0.2) is 0 Å². The first-order valence-corrected chi connectivity index (χ1v) is 6.69. The van der Waals surface area contributed by atoms with Crippen molar-refractivity contribution in [2.45, 2.75) is 6.42 Å². The van der Waals surface area contributed by atoms with Crippen LogP contribution in [-0.4, -0.2) is 31.2 Å². The van der Waals surface area contributed by atoms with Crippen molar-refractivity contribution in [3.8, 4) is 0 Å². The van der Waals surface area contributed by atoms with E-state index in [1.165, 1.54) is 18.7 Å². The number of fused-ring (bicyclic) bond motifs is 2. The molecule has 2 unspecified atom stereocenters. The molecule has 0 amide bonds. The van der Waals surface area contributed by atoms with Gasteiger partial charge in [0.15, 0.2) is 5.58 Å². The largest absolute Gasteiger partial charge is 0.463 e. The lowest BCUT2D eigenvalue weighted by Gasteiger charge is -2.35. The summed E-state index contributed by atoms with van der Waals surface area (Å²) in [5.74, 6) is 1.67. The number of nitrogens with one attached hydrogen (secondary N) is 1. The molecule has 2 fully saturated rings. The Hall–Kier alpha value is -1.55. The Morgan fingerprint density at radius 3 is 3.28 bits per heavy atom. The molecule has 18 heavy (non-hydrogen) atoms. The fourth-order valence-corrected chi connectivity index (χ4v) is 3.28. The van der Waals surface area contributed by atoms with Crippen LogP contribution in [0.15, 0.2) is 29.0 Å². The lowest BCUT2D eigenvalue weighted by molar-refractivity contribution is 0.349. The zero-order chi connectivity index (χ0) is 11.9. The molecule has 4 heteroatoms. The van der Waals surface area contributed by atoms with Crippen LogP contribution in [0.3, 0.4) is 0 Å². The Balaban J connectivity index is 1.62. The Kier molecular flexibility index (Phi) is 2.30. The van der Waals surface area contributed by atoms with Crippen molar-refractivity contribution in [1.82, 2.24) is 10.3 Å². The van der Waals surface area contributed by atoms with Gasteiger partial charge in [0, 0.05) is 25.2 Å². The van der Waals surface area contributed by atoms with Crippen molar-refractivity contribution in [1.29, 1.82) is 0 Å². The first kappa shape index (κ1) is 10.4. The van der Waals surface area contributed by atoms with Crippen molar-refractivity contribution >= 4 is 16.8 Å². The second-order valence-corrected chi connectivity index (χ2v) is 5.41. The van der Waals surface area contributed by atoms with Crippen LogP contribution in [0.5, 0.6) is 0 Å². The summed E-state index contributed by atoms with van der Waals surface area (Å²) in [7, 11) is 0. The van der Waals surface area contributed by atoms with E-state index in [0.717, 1.165) is 42.6 Å². The van der Waals surface area contributed by atoms with Gasteiger partial charge in [0.1, 0.15) is 5.52 Å². The maximum absolute atomic E-state index is 5.43. The van der Waals surface area contributed by atoms with Crippen LogP contribution < -0.4 is 10.2 Å². The van der Waals surface area contributed by atoms with Gasteiger partial charge in [-0.15, -0.1) is 0 Å². The third kappa shape index (κ3) is 1.60. The van der Waals surface area contributed by atoms with Crippen LogP contribution in [0, 0.1) is 11.8 Å². The maximum atomic E-state index is 5.43. The molecule has 2 aliphatic rings. The molecule has 0 spiro atoms. The number of hydrogen-bond donors (Lipinski definition) is 1. The fraction of sp³-hybridized carbons (Fsp3) is 0.500. The molecule has 0 saturated carbocycles. The first-order valence-electron chi connectivity index (χ1n) is 6.69. The Labute approximate surface area is 106 Å². The van der Waals surface area contributed by atoms with Gasteiger partial charge in [-0.2, -0.15) is 0 Å². The molecule has 0 bridgehead atoms. The minimum absolute atomic E-state index is 0.797. The molecule has 0 aliphatic carbocycles. The van der Waals surface area contributed by atoms with Crippen molar-refractivity contribution in [3.63, 3.8) is 0 Å². The van der Waals surface area contributed by atoms with Crippen LogP contribution in [0.2, 0.25) is 0 Å². The van der Waals surface area contributed by atoms with E-state index in [2.05, 4.69) is 21.3 Å².